The van der Waals surface area contributed by atoms with E-state index in [-0.39, 0.29) is 5.75 Å². The number of carbonyl (C=O) groups excluding carboxylic acids is 2. The normalized spacial score (nSPS) is 14.0. The summed E-state index contributed by atoms with van der Waals surface area (Å²) in [6, 6.07) is 9.92. The number of benzene rings is 2. The second kappa shape index (κ2) is 5.66. The summed E-state index contributed by atoms with van der Waals surface area (Å²) in [7, 11) is 0. The molecule has 7 heteroatoms. The second-order valence-electron chi connectivity index (χ2n) is 4.50. The Balaban J connectivity index is 1.97. The Morgan fingerprint density at radius 1 is 0.955 bits per heavy atom. The minimum atomic E-state index is -0.484. The van der Waals surface area contributed by atoms with E-state index in [9.17, 15) is 14.7 Å². The second-order valence-corrected chi connectivity index (χ2v) is 6.21. The number of imide groups is 1. The molecule has 0 radical (unpaired) electrons. The van der Waals surface area contributed by atoms with Gasteiger partial charge in [-0.2, -0.15) is 10.1 Å². The lowest BCUT2D eigenvalue weighted by atomic mass is 10.1. The van der Waals surface area contributed by atoms with E-state index < -0.39 is 11.8 Å². The number of rotatable bonds is 2. The van der Waals surface area contributed by atoms with Crippen LogP contribution in [0, 0.1) is 0 Å². The van der Waals surface area contributed by atoms with E-state index in [0.29, 0.717) is 25.6 Å². The van der Waals surface area contributed by atoms with Crippen LogP contribution in [-0.4, -0.2) is 28.1 Å². The summed E-state index contributed by atoms with van der Waals surface area (Å²) in [6.45, 7) is 0. The molecule has 0 saturated carbocycles. The Hall–Kier alpha value is -1.99. The maximum atomic E-state index is 12.2. The molecule has 0 bridgehead atoms. The lowest BCUT2D eigenvalue weighted by molar-refractivity contribution is 0.0660. The van der Waals surface area contributed by atoms with Crippen molar-refractivity contribution in [3.63, 3.8) is 0 Å². The standard InChI is InChI=1S/C15H8Br2N2O3/c16-11-5-6-12(17)13(20)10(11)7-18-19-14(21)8-3-1-2-4-9(8)15(19)22/h1-7,20H/b18-7+. The van der Waals surface area contributed by atoms with Crippen molar-refractivity contribution >= 4 is 49.9 Å². The van der Waals surface area contributed by atoms with Crippen LogP contribution in [0.3, 0.4) is 0 Å². The zero-order chi connectivity index (χ0) is 15.9. The number of fused-ring (bicyclic) bond motifs is 1. The Kier molecular flexibility index (Phi) is 3.84. The van der Waals surface area contributed by atoms with Gasteiger partial charge in [0.2, 0.25) is 0 Å². The summed E-state index contributed by atoms with van der Waals surface area (Å²) < 4.78 is 1.08. The Labute approximate surface area is 142 Å². The molecule has 0 aromatic heterocycles. The van der Waals surface area contributed by atoms with Crippen LogP contribution in [0.1, 0.15) is 26.3 Å². The van der Waals surface area contributed by atoms with Crippen LogP contribution in [0.2, 0.25) is 0 Å². The molecule has 0 fully saturated rings. The molecule has 0 unspecified atom stereocenters. The molecule has 1 N–H and O–H groups in total. The molecule has 0 aliphatic carbocycles. The minimum Gasteiger partial charge on any atom is -0.506 e. The van der Waals surface area contributed by atoms with Crippen LogP contribution in [0.15, 0.2) is 50.4 Å². The van der Waals surface area contributed by atoms with Crippen molar-refractivity contribution < 1.29 is 14.7 Å². The quantitative estimate of drug-likeness (QED) is 0.593. The summed E-state index contributed by atoms with van der Waals surface area (Å²) in [4.78, 5) is 24.3. The number of phenolic OH excluding ortho intramolecular Hbond substituents is 1. The highest BCUT2D eigenvalue weighted by Crippen LogP contribution is 2.32. The number of halogens is 2. The van der Waals surface area contributed by atoms with Crippen molar-refractivity contribution in [1.82, 2.24) is 5.01 Å². The highest BCUT2D eigenvalue weighted by atomic mass is 79.9. The number of hydrogen-bond acceptors (Lipinski definition) is 4. The molecule has 2 aromatic carbocycles. The lowest BCUT2D eigenvalue weighted by Gasteiger charge is -2.07. The van der Waals surface area contributed by atoms with Crippen molar-refractivity contribution in [2.75, 3.05) is 0 Å². The molecule has 0 atom stereocenters. The van der Waals surface area contributed by atoms with Crippen molar-refractivity contribution in [3.05, 3.63) is 62.0 Å². The first-order valence-corrected chi connectivity index (χ1v) is 7.78. The minimum absolute atomic E-state index is 0.0327. The van der Waals surface area contributed by atoms with Gasteiger partial charge in [-0.15, -0.1) is 0 Å². The highest BCUT2D eigenvalue weighted by Gasteiger charge is 2.35. The molecule has 1 aliphatic heterocycles. The Morgan fingerprint density at radius 3 is 2.09 bits per heavy atom. The SMILES string of the molecule is O=C1c2ccccc2C(=O)N1/N=C/c1c(Br)ccc(Br)c1O. The molecule has 3 rings (SSSR count). The lowest BCUT2D eigenvalue weighted by Crippen LogP contribution is -2.24. The fraction of sp³-hybridized carbons (Fsp3) is 0. The van der Waals surface area contributed by atoms with E-state index in [1.54, 1.807) is 36.4 Å². The fourth-order valence-electron chi connectivity index (χ4n) is 2.08. The van der Waals surface area contributed by atoms with Crippen LogP contribution >= 0.6 is 31.9 Å². The number of phenols is 1. The van der Waals surface area contributed by atoms with Crippen LogP contribution in [0.25, 0.3) is 0 Å². The van der Waals surface area contributed by atoms with Crippen molar-refractivity contribution in [3.8, 4) is 5.75 Å². The summed E-state index contributed by atoms with van der Waals surface area (Å²) in [6.07, 6.45) is 1.27. The first-order valence-electron chi connectivity index (χ1n) is 6.19. The van der Waals surface area contributed by atoms with E-state index in [0.717, 1.165) is 5.01 Å². The van der Waals surface area contributed by atoms with Gasteiger partial charge < -0.3 is 5.11 Å². The third kappa shape index (κ3) is 2.36. The highest BCUT2D eigenvalue weighted by molar-refractivity contribution is 9.11. The van der Waals surface area contributed by atoms with E-state index >= 15 is 0 Å². The third-order valence-corrected chi connectivity index (χ3v) is 4.52. The maximum Gasteiger partial charge on any atom is 0.282 e. The average molecular weight is 424 g/mol. The smallest absolute Gasteiger partial charge is 0.282 e. The van der Waals surface area contributed by atoms with Gasteiger partial charge in [0, 0.05) is 4.47 Å². The maximum absolute atomic E-state index is 12.2. The zero-order valence-electron chi connectivity index (χ0n) is 11.0. The largest absolute Gasteiger partial charge is 0.506 e. The first-order chi connectivity index (χ1) is 10.5. The average Bonchev–Trinajstić information content (AvgIpc) is 2.76. The van der Waals surface area contributed by atoms with E-state index in [1.165, 1.54) is 6.21 Å². The van der Waals surface area contributed by atoms with Gasteiger partial charge in [-0.05, 0) is 56.1 Å². The van der Waals surface area contributed by atoms with E-state index in [4.69, 9.17) is 0 Å². The van der Waals surface area contributed by atoms with Crippen LogP contribution in [-0.2, 0) is 0 Å². The van der Waals surface area contributed by atoms with Crippen LogP contribution < -0.4 is 0 Å². The third-order valence-electron chi connectivity index (χ3n) is 3.19. The van der Waals surface area contributed by atoms with Crippen molar-refractivity contribution in [1.29, 1.82) is 0 Å². The predicted octanol–water partition coefficient (Wildman–Crippen LogP) is 3.55. The van der Waals surface area contributed by atoms with E-state index in [1.807, 2.05) is 0 Å². The van der Waals surface area contributed by atoms with Gasteiger partial charge in [0.1, 0.15) is 5.75 Å². The van der Waals surface area contributed by atoms with Crippen molar-refractivity contribution in [2.24, 2.45) is 5.10 Å². The summed E-state index contributed by atoms with van der Waals surface area (Å²) >= 11 is 6.49. The number of nitrogens with zero attached hydrogens (tertiary/aromatic N) is 2. The summed E-state index contributed by atoms with van der Waals surface area (Å²) in [5, 5.41) is 14.7. The zero-order valence-corrected chi connectivity index (χ0v) is 14.1. The molecule has 1 heterocycles. The molecule has 110 valence electrons. The van der Waals surface area contributed by atoms with Gasteiger partial charge in [0.25, 0.3) is 11.8 Å². The summed E-state index contributed by atoms with van der Waals surface area (Å²) in [5.74, 6) is -1.00. The van der Waals surface area contributed by atoms with Gasteiger partial charge in [0.15, 0.2) is 0 Å². The predicted molar refractivity (Wildman–Crippen MR) is 88.0 cm³/mol. The molecule has 2 aromatic rings. The molecule has 1 aliphatic rings. The molecule has 0 spiro atoms. The number of hydrogen-bond donors (Lipinski definition) is 1. The van der Waals surface area contributed by atoms with Crippen LogP contribution in [0.4, 0.5) is 0 Å². The molecule has 0 saturated heterocycles. The van der Waals surface area contributed by atoms with Crippen molar-refractivity contribution in [2.45, 2.75) is 0 Å². The van der Waals surface area contributed by atoms with Gasteiger partial charge in [-0.25, -0.2) is 0 Å². The van der Waals surface area contributed by atoms with Gasteiger partial charge in [0.05, 0.1) is 27.4 Å². The monoisotopic (exact) mass is 422 g/mol. The fourth-order valence-corrected chi connectivity index (χ4v) is 2.84. The molecule has 5 nitrogen and oxygen atoms in total. The molecular weight excluding hydrogens is 416 g/mol. The Morgan fingerprint density at radius 2 is 1.50 bits per heavy atom. The van der Waals surface area contributed by atoms with Crippen LogP contribution in [0.5, 0.6) is 5.75 Å². The summed E-state index contributed by atoms with van der Waals surface area (Å²) in [5.41, 5.74) is 1.01. The topological polar surface area (TPSA) is 70.0 Å². The van der Waals surface area contributed by atoms with Gasteiger partial charge in [-0.3, -0.25) is 9.59 Å². The first kappa shape index (κ1) is 14.9. The molecular formula is C15H8Br2N2O3. The van der Waals surface area contributed by atoms with Gasteiger partial charge in [-0.1, -0.05) is 12.1 Å². The number of hydrazone groups is 1. The molecule has 2 amide bonds. The number of amides is 2. The number of aromatic hydroxyl groups is 1. The van der Waals surface area contributed by atoms with E-state index in [2.05, 4.69) is 37.0 Å². The van der Waals surface area contributed by atoms with Gasteiger partial charge >= 0.3 is 0 Å². The number of carbonyl (C=O) groups is 2. The Bertz CT molecular complexity index is 799. The molecule has 22 heavy (non-hydrogen) atoms.